The Labute approximate surface area is 92.1 Å². The van der Waals surface area contributed by atoms with Gasteiger partial charge < -0.3 is 14.9 Å². The van der Waals surface area contributed by atoms with E-state index in [1.54, 1.807) is 13.0 Å². The Morgan fingerprint density at radius 2 is 2.13 bits per heavy atom. The molecule has 1 atom stereocenters. The minimum absolute atomic E-state index is 0.0245. The highest BCUT2D eigenvalue weighted by Crippen LogP contribution is 2.34. The summed E-state index contributed by atoms with van der Waals surface area (Å²) >= 11 is 5.77. The molecule has 0 aliphatic heterocycles. The van der Waals surface area contributed by atoms with Crippen LogP contribution in [0.1, 0.15) is 17.2 Å². The van der Waals surface area contributed by atoms with Gasteiger partial charge in [-0.15, -0.1) is 0 Å². The van der Waals surface area contributed by atoms with E-state index in [2.05, 4.69) is 4.74 Å². The number of aliphatic hydroxyl groups is 1. The Balaban J connectivity index is 3.24. The van der Waals surface area contributed by atoms with Crippen LogP contribution in [-0.4, -0.2) is 23.3 Å². The Morgan fingerprint density at radius 3 is 2.67 bits per heavy atom. The quantitative estimate of drug-likeness (QED) is 0.757. The summed E-state index contributed by atoms with van der Waals surface area (Å²) in [6, 6.07) is 3.09. The normalized spacial score (nSPS) is 12.3. The highest BCUT2D eigenvalue weighted by molar-refractivity contribution is 6.31. The van der Waals surface area contributed by atoms with Crippen LogP contribution in [0.25, 0.3) is 0 Å². The summed E-state index contributed by atoms with van der Waals surface area (Å²) in [5, 5.41) is 19.3. The molecule has 4 nitrogen and oxygen atoms in total. The average Bonchev–Trinajstić information content (AvgIpc) is 2.22. The number of aliphatic hydroxyl groups excluding tert-OH is 1. The van der Waals surface area contributed by atoms with Crippen LogP contribution < -0.4 is 0 Å². The van der Waals surface area contributed by atoms with E-state index in [0.717, 1.165) is 7.11 Å². The van der Waals surface area contributed by atoms with Gasteiger partial charge in [-0.3, -0.25) is 0 Å². The van der Waals surface area contributed by atoms with Gasteiger partial charge in [-0.1, -0.05) is 17.7 Å². The number of methoxy groups -OCH3 is 1. The Kier molecular flexibility index (Phi) is 3.55. The Hall–Kier alpha value is -1.26. The smallest absolute Gasteiger partial charge is 0.339 e. The van der Waals surface area contributed by atoms with E-state index in [1.165, 1.54) is 6.07 Å². The van der Waals surface area contributed by atoms with E-state index in [1.807, 2.05) is 0 Å². The van der Waals surface area contributed by atoms with Crippen molar-refractivity contribution in [1.29, 1.82) is 0 Å². The lowest BCUT2D eigenvalue weighted by Gasteiger charge is -2.13. The molecular weight excluding hydrogens is 220 g/mol. The summed E-state index contributed by atoms with van der Waals surface area (Å²) in [6.07, 6.45) is -1.57. The number of rotatable bonds is 2. The number of carbonyl (C=O) groups excluding carboxylic acids is 1. The van der Waals surface area contributed by atoms with Crippen molar-refractivity contribution in [2.45, 2.75) is 13.0 Å². The van der Waals surface area contributed by atoms with E-state index in [4.69, 9.17) is 11.6 Å². The molecule has 15 heavy (non-hydrogen) atoms. The lowest BCUT2D eigenvalue weighted by molar-refractivity contribution is -0.150. The molecule has 82 valence electrons. The maximum Gasteiger partial charge on any atom is 0.339 e. The van der Waals surface area contributed by atoms with Crippen molar-refractivity contribution >= 4 is 17.6 Å². The minimum Gasteiger partial charge on any atom is -0.507 e. The summed E-state index contributed by atoms with van der Waals surface area (Å²) in [6.45, 7) is 1.64. The molecule has 0 saturated carbocycles. The molecule has 0 saturated heterocycles. The topological polar surface area (TPSA) is 66.8 Å². The first-order chi connectivity index (χ1) is 6.99. The third-order valence-corrected chi connectivity index (χ3v) is 2.39. The molecule has 0 aromatic heterocycles. The van der Waals surface area contributed by atoms with Gasteiger partial charge in [0, 0.05) is 0 Å². The zero-order valence-corrected chi connectivity index (χ0v) is 9.08. The second kappa shape index (κ2) is 4.51. The predicted octanol–water partition coefficient (Wildman–Crippen LogP) is 1.56. The lowest BCUT2D eigenvalue weighted by atomic mass is 10.0. The molecule has 1 aromatic rings. The molecule has 0 aliphatic rings. The van der Waals surface area contributed by atoms with Crippen LogP contribution in [0.15, 0.2) is 12.1 Å². The van der Waals surface area contributed by atoms with Crippen LogP contribution in [-0.2, 0) is 9.53 Å². The molecule has 0 radical (unpaired) electrons. The van der Waals surface area contributed by atoms with Gasteiger partial charge >= 0.3 is 5.97 Å². The van der Waals surface area contributed by atoms with Gasteiger partial charge in [-0.25, -0.2) is 4.79 Å². The standard InChI is InChI=1S/C10H11ClO4/c1-5-3-4-6(11)7(8(5)12)9(13)10(14)15-2/h3-4,9,12-13H,1-2H3. The van der Waals surface area contributed by atoms with Crippen LogP contribution in [0.5, 0.6) is 5.75 Å². The maximum atomic E-state index is 11.1. The fourth-order valence-corrected chi connectivity index (χ4v) is 1.44. The predicted molar refractivity (Wildman–Crippen MR) is 54.8 cm³/mol. The fraction of sp³-hybridized carbons (Fsp3) is 0.300. The number of halogens is 1. The van der Waals surface area contributed by atoms with Gasteiger partial charge in [0.25, 0.3) is 0 Å². The molecular formula is C10H11ClO4. The number of hydrogen-bond acceptors (Lipinski definition) is 4. The SMILES string of the molecule is COC(=O)C(O)c1c(Cl)ccc(C)c1O. The summed E-state index contributed by atoms with van der Waals surface area (Å²) < 4.78 is 4.36. The van der Waals surface area contributed by atoms with Crippen LogP contribution in [0.4, 0.5) is 0 Å². The first kappa shape index (κ1) is 11.8. The van der Waals surface area contributed by atoms with Crippen LogP contribution in [0.3, 0.4) is 0 Å². The van der Waals surface area contributed by atoms with Crippen LogP contribution >= 0.6 is 11.6 Å². The molecule has 1 unspecified atom stereocenters. The Bertz CT molecular complexity index is 389. The van der Waals surface area contributed by atoms with Gasteiger partial charge in [0.1, 0.15) is 5.75 Å². The van der Waals surface area contributed by atoms with Crippen molar-refractivity contribution in [3.8, 4) is 5.75 Å². The zero-order valence-electron chi connectivity index (χ0n) is 8.32. The fourth-order valence-electron chi connectivity index (χ4n) is 1.18. The number of esters is 1. The van der Waals surface area contributed by atoms with E-state index in [-0.39, 0.29) is 16.3 Å². The molecule has 1 aromatic carbocycles. The first-order valence-corrected chi connectivity index (χ1v) is 4.60. The number of benzene rings is 1. The Morgan fingerprint density at radius 1 is 1.53 bits per heavy atom. The second-order valence-electron chi connectivity index (χ2n) is 3.05. The van der Waals surface area contributed by atoms with Gasteiger partial charge in [0.05, 0.1) is 17.7 Å². The molecule has 0 bridgehead atoms. The summed E-state index contributed by atoms with van der Waals surface area (Å²) in [4.78, 5) is 11.1. The third-order valence-electron chi connectivity index (χ3n) is 2.06. The monoisotopic (exact) mass is 230 g/mol. The van der Waals surface area contributed by atoms with E-state index in [9.17, 15) is 15.0 Å². The van der Waals surface area contributed by atoms with Gasteiger partial charge in [0.2, 0.25) is 0 Å². The number of phenolic OH excluding ortho intramolecular Hbond substituents is 1. The largest absolute Gasteiger partial charge is 0.507 e. The summed E-state index contributed by atoms with van der Waals surface area (Å²) in [5.41, 5.74) is 0.501. The van der Waals surface area contributed by atoms with Crippen molar-refractivity contribution in [3.05, 3.63) is 28.3 Å². The van der Waals surface area contributed by atoms with Gasteiger partial charge in [-0.2, -0.15) is 0 Å². The molecule has 0 aliphatic carbocycles. The first-order valence-electron chi connectivity index (χ1n) is 4.23. The van der Waals surface area contributed by atoms with Crippen molar-refractivity contribution in [2.24, 2.45) is 0 Å². The van der Waals surface area contributed by atoms with E-state index >= 15 is 0 Å². The molecule has 0 spiro atoms. The molecule has 2 N–H and O–H groups in total. The molecule has 0 fully saturated rings. The van der Waals surface area contributed by atoms with E-state index < -0.39 is 12.1 Å². The minimum atomic E-state index is -1.57. The number of hydrogen-bond donors (Lipinski definition) is 2. The summed E-state index contributed by atoms with van der Waals surface area (Å²) in [7, 11) is 1.15. The molecule has 5 heteroatoms. The number of aromatic hydroxyl groups is 1. The van der Waals surface area contributed by atoms with Crippen LogP contribution in [0.2, 0.25) is 5.02 Å². The highest BCUT2D eigenvalue weighted by Gasteiger charge is 2.24. The van der Waals surface area contributed by atoms with Gasteiger partial charge in [0.15, 0.2) is 6.10 Å². The van der Waals surface area contributed by atoms with E-state index in [0.29, 0.717) is 5.56 Å². The van der Waals surface area contributed by atoms with Crippen LogP contribution in [0, 0.1) is 6.92 Å². The summed E-state index contributed by atoms with van der Waals surface area (Å²) in [5.74, 6) is -1.06. The molecule has 1 rings (SSSR count). The zero-order chi connectivity index (χ0) is 11.6. The maximum absolute atomic E-state index is 11.1. The highest BCUT2D eigenvalue weighted by atomic mass is 35.5. The number of ether oxygens (including phenoxy) is 1. The van der Waals surface area contributed by atoms with Crippen molar-refractivity contribution in [2.75, 3.05) is 7.11 Å². The molecule has 0 amide bonds. The van der Waals surface area contributed by atoms with Gasteiger partial charge in [-0.05, 0) is 18.6 Å². The number of carbonyl (C=O) groups is 1. The number of aryl methyl sites for hydroxylation is 1. The molecule has 0 heterocycles. The lowest BCUT2D eigenvalue weighted by Crippen LogP contribution is -2.14. The third kappa shape index (κ3) is 2.22. The number of phenols is 1. The van der Waals surface area contributed by atoms with Crippen molar-refractivity contribution in [1.82, 2.24) is 0 Å². The average molecular weight is 231 g/mol. The second-order valence-corrected chi connectivity index (χ2v) is 3.46. The van der Waals surface area contributed by atoms with Crippen molar-refractivity contribution < 1.29 is 19.7 Å². The van der Waals surface area contributed by atoms with Crippen molar-refractivity contribution in [3.63, 3.8) is 0 Å².